The number of carbonyl (C=O) groups is 2. The Morgan fingerprint density at radius 1 is 0.917 bits per heavy atom. The Hall–Kier alpha value is -3.65. The molecule has 0 aliphatic carbocycles. The third-order valence-electron chi connectivity index (χ3n) is 6.14. The predicted octanol–water partition coefficient (Wildman–Crippen LogP) is 3.92. The maximum absolute atomic E-state index is 13.8. The van der Waals surface area contributed by atoms with E-state index >= 15 is 0 Å². The van der Waals surface area contributed by atoms with Gasteiger partial charge in [0, 0.05) is 13.6 Å². The van der Waals surface area contributed by atoms with E-state index in [1.165, 1.54) is 24.1 Å². The van der Waals surface area contributed by atoms with E-state index in [-0.39, 0.29) is 17.3 Å². The van der Waals surface area contributed by atoms with Gasteiger partial charge in [0.2, 0.25) is 11.8 Å². The highest BCUT2D eigenvalue weighted by Gasteiger charge is 2.32. The molecule has 1 atom stereocenters. The Balaban J connectivity index is 2.05. The number of nitrogens with zero attached hydrogens (tertiary/aromatic N) is 2. The first-order valence-corrected chi connectivity index (χ1v) is 13.3. The van der Waals surface area contributed by atoms with Gasteiger partial charge in [-0.05, 0) is 49.6 Å². The number of benzene rings is 3. The van der Waals surface area contributed by atoms with E-state index in [2.05, 4.69) is 5.32 Å². The molecule has 1 unspecified atom stereocenters. The van der Waals surface area contributed by atoms with Gasteiger partial charge in [-0.1, -0.05) is 73.2 Å². The minimum absolute atomic E-state index is 0.0909. The van der Waals surface area contributed by atoms with Gasteiger partial charge >= 0.3 is 0 Å². The Bertz CT molecular complexity index is 1290. The van der Waals surface area contributed by atoms with Crippen molar-refractivity contribution in [2.75, 3.05) is 17.9 Å². The number of sulfonamides is 1. The number of aryl methyl sites for hydroxylation is 2. The summed E-state index contributed by atoms with van der Waals surface area (Å²) in [7, 11) is -2.55. The van der Waals surface area contributed by atoms with Crippen LogP contribution >= 0.6 is 0 Å². The normalized spacial score (nSPS) is 12.0. The number of nitrogens with one attached hydrogen (secondary N) is 1. The standard InChI is InChI=1S/C28H33N3O4S/c1-5-24-11-9-10-14-26(24)31(36(34,35)25-12-7-6-8-13-25)20-27(32)30(22(3)28(33)29-4)19-23-17-15-21(2)16-18-23/h6-18,22H,5,19-20H2,1-4H3,(H,29,33). The first-order valence-electron chi connectivity index (χ1n) is 11.9. The second-order valence-electron chi connectivity index (χ2n) is 8.60. The molecule has 0 fully saturated rings. The molecule has 0 heterocycles. The zero-order valence-electron chi connectivity index (χ0n) is 21.1. The number of anilines is 1. The number of amides is 2. The Morgan fingerprint density at radius 3 is 2.14 bits per heavy atom. The number of hydrogen-bond donors (Lipinski definition) is 1. The Morgan fingerprint density at radius 2 is 1.53 bits per heavy atom. The van der Waals surface area contributed by atoms with E-state index in [4.69, 9.17) is 0 Å². The fourth-order valence-corrected chi connectivity index (χ4v) is 5.44. The summed E-state index contributed by atoms with van der Waals surface area (Å²) in [6.07, 6.45) is 0.590. The van der Waals surface area contributed by atoms with Crippen LogP contribution in [0.3, 0.4) is 0 Å². The Labute approximate surface area is 213 Å². The molecule has 190 valence electrons. The molecule has 3 aromatic rings. The summed E-state index contributed by atoms with van der Waals surface area (Å²) in [5, 5.41) is 2.59. The first-order chi connectivity index (χ1) is 17.2. The molecule has 0 bridgehead atoms. The van der Waals surface area contributed by atoms with Gasteiger partial charge in [0.05, 0.1) is 10.6 Å². The van der Waals surface area contributed by atoms with Crippen molar-refractivity contribution in [3.05, 3.63) is 95.6 Å². The SMILES string of the molecule is CCc1ccccc1N(CC(=O)N(Cc1ccc(C)cc1)C(C)C(=O)NC)S(=O)(=O)c1ccccc1. The molecule has 0 aromatic heterocycles. The van der Waals surface area contributed by atoms with Gasteiger partial charge in [-0.3, -0.25) is 13.9 Å². The summed E-state index contributed by atoms with van der Waals surface area (Å²) in [6, 6.07) is 22.1. The summed E-state index contributed by atoms with van der Waals surface area (Å²) in [4.78, 5) is 27.8. The molecule has 1 N–H and O–H groups in total. The van der Waals surface area contributed by atoms with E-state index in [1.54, 1.807) is 37.3 Å². The number of likely N-dealkylation sites (N-methyl/N-ethyl adjacent to an activating group) is 1. The minimum atomic E-state index is -4.06. The highest BCUT2D eigenvalue weighted by molar-refractivity contribution is 7.92. The van der Waals surface area contributed by atoms with Crippen LogP contribution < -0.4 is 9.62 Å². The summed E-state index contributed by atoms with van der Waals surface area (Å²) < 4.78 is 28.7. The van der Waals surface area contributed by atoms with Gasteiger partial charge < -0.3 is 10.2 Å². The highest BCUT2D eigenvalue weighted by atomic mass is 32.2. The average Bonchev–Trinajstić information content (AvgIpc) is 2.90. The van der Waals surface area contributed by atoms with E-state index in [0.717, 1.165) is 21.0 Å². The first kappa shape index (κ1) is 26.9. The van der Waals surface area contributed by atoms with Gasteiger partial charge in [0.1, 0.15) is 12.6 Å². The summed E-state index contributed by atoms with van der Waals surface area (Å²) >= 11 is 0. The quantitative estimate of drug-likeness (QED) is 0.451. The summed E-state index contributed by atoms with van der Waals surface area (Å²) in [5.74, 6) is -0.807. The van der Waals surface area contributed by atoms with Gasteiger partial charge in [-0.2, -0.15) is 0 Å². The van der Waals surface area contributed by atoms with Crippen LogP contribution in [-0.2, 0) is 32.6 Å². The smallest absolute Gasteiger partial charge is 0.264 e. The molecule has 2 amide bonds. The van der Waals surface area contributed by atoms with Crippen molar-refractivity contribution in [3.8, 4) is 0 Å². The number of rotatable bonds is 10. The lowest BCUT2D eigenvalue weighted by Gasteiger charge is -2.32. The molecular weight excluding hydrogens is 474 g/mol. The lowest BCUT2D eigenvalue weighted by molar-refractivity contribution is -0.139. The highest BCUT2D eigenvalue weighted by Crippen LogP contribution is 2.28. The predicted molar refractivity (Wildman–Crippen MR) is 142 cm³/mol. The van der Waals surface area contributed by atoms with Crippen molar-refractivity contribution in [1.82, 2.24) is 10.2 Å². The van der Waals surface area contributed by atoms with E-state index in [0.29, 0.717) is 12.1 Å². The second kappa shape index (κ2) is 11.9. The lowest BCUT2D eigenvalue weighted by atomic mass is 10.1. The molecule has 0 spiro atoms. The second-order valence-corrected chi connectivity index (χ2v) is 10.5. The maximum Gasteiger partial charge on any atom is 0.264 e. The van der Waals surface area contributed by atoms with Gasteiger partial charge in [-0.15, -0.1) is 0 Å². The van der Waals surface area contributed by atoms with Crippen molar-refractivity contribution in [2.45, 2.75) is 44.7 Å². The van der Waals surface area contributed by atoms with Crippen LogP contribution in [0.5, 0.6) is 0 Å². The van der Waals surface area contributed by atoms with Crippen molar-refractivity contribution in [2.24, 2.45) is 0 Å². The molecule has 8 heteroatoms. The number of carbonyl (C=O) groups excluding carboxylic acids is 2. The van der Waals surface area contributed by atoms with Crippen LogP contribution in [0.15, 0.2) is 83.8 Å². The van der Waals surface area contributed by atoms with Crippen molar-refractivity contribution in [3.63, 3.8) is 0 Å². The molecule has 0 aliphatic heterocycles. The third-order valence-corrected chi connectivity index (χ3v) is 7.91. The van der Waals surface area contributed by atoms with Crippen LogP contribution in [0.25, 0.3) is 0 Å². The van der Waals surface area contributed by atoms with E-state index in [9.17, 15) is 18.0 Å². The molecule has 0 aliphatic rings. The van der Waals surface area contributed by atoms with Crippen molar-refractivity contribution < 1.29 is 18.0 Å². The molecular formula is C28H33N3O4S. The number of hydrogen-bond acceptors (Lipinski definition) is 4. The monoisotopic (exact) mass is 507 g/mol. The van der Waals surface area contributed by atoms with Gasteiger partial charge in [-0.25, -0.2) is 8.42 Å². The van der Waals surface area contributed by atoms with Crippen LogP contribution in [0.1, 0.15) is 30.5 Å². The maximum atomic E-state index is 13.8. The Kier molecular flexibility index (Phi) is 8.88. The van der Waals surface area contributed by atoms with Gasteiger partial charge in [0.25, 0.3) is 10.0 Å². The van der Waals surface area contributed by atoms with Crippen LogP contribution in [0, 0.1) is 6.92 Å². The third kappa shape index (κ3) is 6.12. The van der Waals surface area contributed by atoms with Crippen molar-refractivity contribution >= 4 is 27.5 Å². The van der Waals surface area contributed by atoms with Crippen LogP contribution in [0.2, 0.25) is 0 Å². The van der Waals surface area contributed by atoms with E-state index < -0.39 is 28.5 Å². The molecule has 3 rings (SSSR count). The van der Waals surface area contributed by atoms with Crippen molar-refractivity contribution in [1.29, 1.82) is 0 Å². The molecule has 0 saturated heterocycles. The number of para-hydroxylation sites is 1. The van der Waals surface area contributed by atoms with Gasteiger partial charge in [0.15, 0.2) is 0 Å². The van der Waals surface area contributed by atoms with Crippen LogP contribution in [-0.4, -0.2) is 44.8 Å². The van der Waals surface area contributed by atoms with E-state index in [1.807, 2.05) is 50.2 Å². The topological polar surface area (TPSA) is 86.8 Å². The minimum Gasteiger partial charge on any atom is -0.357 e. The summed E-state index contributed by atoms with van der Waals surface area (Å²) in [5.41, 5.74) is 3.16. The molecule has 36 heavy (non-hydrogen) atoms. The summed E-state index contributed by atoms with van der Waals surface area (Å²) in [6.45, 7) is 5.27. The molecule has 3 aromatic carbocycles. The largest absolute Gasteiger partial charge is 0.357 e. The fraction of sp³-hybridized carbons (Fsp3) is 0.286. The lowest BCUT2D eigenvalue weighted by Crippen LogP contribution is -2.50. The average molecular weight is 508 g/mol. The van der Waals surface area contributed by atoms with Crippen LogP contribution in [0.4, 0.5) is 5.69 Å². The fourth-order valence-electron chi connectivity index (χ4n) is 3.97. The molecule has 0 radical (unpaired) electrons. The zero-order chi connectivity index (χ0) is 26.3. The zero-order valence-corrected chi connectivity index (χ0v) is 22.0. The molecule has 0 saturated carbocycles. The molecule has 7 nitrogen and oxygen atoms in total.